The van der Waals surface area contributed by atoms with E-state index in [4.69, 9.17) is 16.9 Å². The predicted molar refractivity (Wildman–Crippen MR) is 59.3 cm³/mol. The minimum Gasteiger partial charge on any atom is -0.270 e. The van der Waals surface area contributed by atoms with Crippen LogP contribution < -0.4 is 0 Å². The number of rotatable bonds is 4. The van der Waals surface area contributed by atoms with Crippen LogP contribution in [0.4, 0.5) is 0 Å². The minimum atomic E-state index is 0.452. The van der Waals surface area contributed by atoms with Crippen LogP contribution in [0.3, 0.4) is 0 Å². The molecular weight excluding hydrogens is 265 g/mol. The largest absolute Gasteiger partial charge is 0.270 e. The van der Waals surface area contributed by atoms with Crippen LogP contribution in [0, 0.1) is 11.3 Å². The fraction of sp³-hybridized carbons (Fsp3) is 0.556. The first-order valence-electron chi connectivity index (χ1n) is 4.38. The maximum absolute atomic E-state index is 8.75. The van der Waals surface area contributed by atoms with E-state index in [0.717, 1.165) is 29.4 Å². The molecule has 14 heavy (non-hydrogen) atoms. The summed E-state index contributed by atoms with van der Waals surface area (Å²) in [6.07, 6.45) is 2.91. The first-order chi connectivity index (χ1) is 6.70. The molecule has 0 saturated heterocycles. The van der Waals surface area contributed by atoms with Crippen molar-refractivity contribution in [3.8, 4) is 6.07 Å². The van der Waals surface area contributed by atoms with Crippen LogP contribution >= 0.6 is 27.5 Å². The number of aryl methyl sites for hydroxylation is 1. The molecule has 0 aliphatic carbocycles. The van der Waals surface area contributed by atoms with E-state index in [9.17, 15) is 0 Å². The number of aromatic nitrogens is 2. The number of nitrogens with zero attached hydrogens (tertiary/aromatic N) is 3. The number of hydrogen-bond acceptors (Lipinski definition) is 2. The lowest BCUT2D eigenvalue weighted by Crippen LogP contribution is -1.98. The van der Waals surface area contributed by atoms with Gasteiger partial charge in [-0.1, -0.05) is 0 Å². The molecule has 0 radical (unpaired) electrons. The van der Waals surface area contributed by atoms with Crippen LogP contribution in [0.15, 0.2) is 4.47 Å². The molecule has 0 aliphatic heterocycles. The molecule has 1 rings (SSSR count). The first-order valence-corrected chi connectivity index (χ1v) is 5.71. The van der Waals surface area contributed by atoms with Gasteiger partial charge < -0.3 is 0 Å². The van der Waals surface area contributed by atoms with E-state index in [-0.39, 0.29) is 0 Å². The molecule has 1 heterocycles. The Morgan fingerprint density at radius 1 is 1.57 bits per heavy atom. The summed E-state index contributed by atoms with van der Waals surface area (Å²) in [5.41, 5.74) is 1.51. The summed E-state index contributed by atoms with van der Waals surface area (Å²) in [5.74, 6) is 0.681. The highest BCUT2D eigenvalue weighted by atomic mass is 79.9. The van der Waals surface area contributed by atoms with Crippen molar-refractivity contribution < 1.29 is 0 Å². The Labute approximate surface area is 96.8 Å². The fourth-order valence-corrected chi connectivity index (χ4v) is 2.07. The van der Waals surface area contributed by atoms with E-state index >= 15 is 0 Å². The van der Waals surface area contributed by atoms with E-state index in [1.807, 2.05) is 13.1 Å². The van der Waals surface area contributed by atoms with E-state index in [0.29, 0.717) is 11.6 Å². The third-order valence-corrected chi connectivity index (χ3v) is 3.11. The molecule has 0 N–H and O–H groups in total. The summed E-state index contributed by atoms with van der Waals surface area (Å²) < 4.78 is 2.56. The van der Waals surface area contributed by atoms with Crippen molar-refractivity contribution in [2.45, 2.75) is 19.3 Å². The lowest BCUT2D eigenvalue weighted by molar-refractivity contribution is 0.674. The van der Waals surface area contributed by atoms with Gasteiger partial charge in [0.05, 0.1) is 10.2 Å². The Balaban J connectivity index is 2.76. The van der Waals surface area contributed by atoms with E-state index < -0.39 is 0 Å². The molecule has 76 valence electrons. The molecule has 0 aliphatic rings. The van der Waals surface area contributed by atoms with Crippen molar-refractivity contribution >= 4 is 27.5 Å². The number of halogens is 2. The number of unbranched alkanes of at least 4 members (excludes halogenated alkanes) is 1. The molecular formula is C9H11BrClN3. The van der Waals surface area contributed by atoms with Crippen molar-refractivity contribution in [2.75, 3.05) is 5.88 Å². The van der Waals surface area contributed by atoms with Gasteiger partial charge >= 0.3 is 0 Å². The minimum absolute atomic E-state index is 0.452. The zero-order valence-electron chi connectivity index (χ0n) is 7.93. The van der Waals surface area contributed by atoms with E-state index in [2.05, 4.69) is 21.0 Å². The van der Waals surface area contributed by atoms with Gasteiger partial charge in [-0.2, -0.15) is 10.4 Å². The van der Waals surface area contributed by atoms with Gasteiger partial charge in [0, 0.05) is 12.9 Å². The zero-order valence-corrected chi connectivity index (χ0v) is 10.3. The quantitative estimate of drug-likeness (QED) is 0.626. The monoisotopic (exact) mass is 275 g/mol. The van der Waals surface area contributed by atoms with Gasteiger partial charge in [-0.3, -0.25) is 4.68 Å². The van der Waals surface area contributed by atoms with Crippen molar-refractivity contribution in [3.63, 3.8) is 0 Å². The maximum Gasteiger partial charge on any atom is 0.176 e. The average molecular weight is 277 g/mol. The Morgan fingerprint density at radius 2 is 2.29 bits per heavy atom. The van der Waals surface area contributed by atoms with Gasteiger partial charge in [-0.05, 0) is 35.2 Å². The zero-order chi connectivity index (χ0) is 10.6. The van der Waals surface area contributed by atoms with Gasteiger partial charge in [0.25, 0.3) is 0 Å². The lowest BCUT2D eigenvalue weighted by Gasteiger charge is -2.00. The van der Waals surface area contributed by atoms with E-state index in [1.165, 1.54) is 0 Å². The van der Waals surface area contributed by atoms with Crippen molar-refractivity contribution in [3.05, 3.63) is 15.9 Å². The summed E-state index contributed by atoms with van der Waals surface area (Å²) in [7, 11) is 1.85. The van der Waals surface area contributed by atoms with Crippen LogP contribution in [0.2, 0.25) is 0 Å². The molecule has 0 bridgehead atoms. The SMILES string of the molecule is Cn1nc(C#N)c(Br)c1CCCCCl. The number of hydrogen-bond donors (Lipinski definition) is 0. The summed E-state index contributed by atoms with van der Waals surface area (Å²) in [5, 5.41) is 12.8. The molecule has 0 aromatic carbocycles. The summed E-state index contributed by atoms with van der Waals surface area (Å²) in [6.45, 7) is 0. The molecule has 0 amide bonds. The topological polar surface area (TPSA) is 41.6 Å². The standard InChI is InChI=1S/C9H11BrClN3/c1-14-8(4-2-3-5-11)9(10)7(6-12)13-14/h2-5H2,1H3. The second-order valence-corrected chi connectivity index (χ2v) is 4.16. The second-order valence-electron chi connectivity index (χ2n) is 2.99. The van der Waals surface area contributed by atoms with Gasteiger partial charge in [-0.15, -0.1) is 11.6 Å². The summed E-state index contributed by atoms with van der Waals surface area (Å²) in [4.78, 5) is 0. The highest BCUT2D eigenvalue weighted by Gasteiger charge is 2.12. The van der Waals surface area contributed by atoms with E-state index in [1.54, 1.807) is 4.68 Å². The Hall–Kier alpha value is -0.530. The molecule has 0 atom stereocenters. The first kappa shape index (κ1) is 11.5. The fourth-order valence-electron chi connectivity index (χ4n) is 1.26. The van der Waals surface area contributed by atoms with Crippen LogP contribution in [0.1, 0.15) is 24.2 Å². The Morgan fingerprint density at radius 3 is 2.79 bits per heavy atom. The van der Waals surface area contributed by atoms with Crippen LogP contribution in [-0.2, 0) is 13.5 Å². The molecule has 3 nitrogen and oxygen atoms in total. The summed E-state index contributed by atoms with van der Waals surface area (Å²) in [6, 6.07) is 2.04. The highest BCUT2D eigenvalue weighted by Crippen LogP contribution is 2.21. The maximum atomic E-state index is 8.75. The van der Waals surface area contributed by atoms with Crippen LogP contribution in [-0.4, -0.2) is 15.7 Å². The number of nitriles is 1. The molecule has 1 aromatic rings. The van der Waals surface area contributed by atoms with Gasteiger partial charge in [0.15, 0.2) is 5.69 Å². The molecule has 0 unspecified atom stereocenters. The normalized spacial score (nSPS) is 10.1. The van der Waals surface area contributed by atoms with Crippen molar-refractivity contribution in [2.24, 2.45) is 7.05 Å². The van der Waals surface area contributed by atoms with Gasteiger partial charge in [-0.25, -0.2) is 0 Å². The third-order valence-electron chi connectivity index (χ3n) is 2.01. The number of alkyl halides is 1. The molecule has 0 spiro atoms. The smallest absolute Gasteiger partial charge is 0.176 e. The second kappa shape index (κ2) is 5.38. The Kier molecular flexibility index (Phi) is 4.43. The summed E-state index contributed by atoms with van der Waals surface area (Å²) >= 11 is 8.97. The van der Waals surface area contributed by atoms with Crippen molar-refractivity contribution in [1.82, 2.24) is 9.78 Å². The molecule has 5 heteroatoms. The van der Waals surface area contributed by atoms with Gasteiger partial charge in [0.1, 0.15) is 6.07 Å². The third kappa shape index (κ3) is 2.49. The predicted octanol–water partition coefficient (Wildman–Crippen LogP) is 2.62. The Bertz CT molecular complexity index is 354. The van der Waals surface area contributed by atoms with Crippen LogP contribution in [0.25, 0.3) is 0 Å². The lowest BCUT2D eigenvalue weighted by atomic mass is 10.2. The van der Waals surface area contributed by atoms with Crippen LogP contribution in [0.5, 0.6) is 0 Å². The molecule has 0 saturated carbocycles. The molecule has 1 aromatic heterocycles. The van der Waals surface area contributed by atoms with Gasteiger partial charge in [0.2, 0.25) is 0 Å². The average Bonchev–Trinajstić information content (AvgIpc) is 2.45. The highest BCUT2D eigenvalue weighted by molar-refractivity contribution is 9.10. The molecule has 0 fully saturated rings. The van der Waals surface area contributed by atoms with Crippen molar-refractivity contribution in [1.29, 1.82) is 5.26 Å².